The number of halogens is 2. The molecular formula is C11H10F2N4O. The van der Waals surface area contributed by atoms with Gasteiger partial charge in [0.15, 0.2) is 0 Å². The van der Waals surface area contributed by atoms with Crippen LogP contribution in [0.1, 0.15) is 5.56 Å². The van der Waals surface area contributed by atoms with Gasteiger partial charge in [-0.25, -0.2) is 8.78 Å². The Morgan fingerprint density at radius 2 is 2.22 bits per heavy atom. The summed E-state index contributed by atoms with van der Waals surface area (Å²) in [6.07, 6.45) is 1.23. The topological polar surface area (TPSA) is 59.8 Å². The number of aromatic nitrogens is 3. The SMILES string of the molecule is Cn1cnnc1NC(=O)Cc1ccc(F)cc1F. The van der Waals surface area contributed by atoms with Gasteiger partial charge >= 0.3 is 0 Å². The standard InChI is InChI=1S/C11H10F2N4O/c1-17-6-14-16-11(17)15-10(18)4-7-2-3-8(12)5-9(7)13/h2-3,5-6H,4H2,1H3,(H,15,16,18). The van der Waals surface area contributed by atoms with Gasteiger partial charge in [0.2, 0.25) is 11.9 Å². The number of anilines is 1. The van der Waals surface area contributed by atoms with Gasteiger partial charge in [-0.1, -0.05) is 6.07 Å². The molecule has 1 heterocycles. The van der Waals surface area contributed by atoms with Crippen molar-refractivity contribution in [1.29, 1.82) is 0 Å². The average molecular weight is 252 g/mol. The molecule has 7 heteroatoms. The molecule has 0 fully saturated rings. The molecule has 0 atom stereocenters. The van der Waals surface area contributed by atoms with E-state index in [0.29, 0.717) is 0 Å². The second kappa shape index (κ2) is 4.91. The predicted molar refractivity (Wildman–Crippen MR) is 59.7 cm³/mol. The number of carbonyl (C=O) groups excluding carboxylic acids is 1. The van der Waals surface area contributed by atoms with E-state index in [4.69, 9.17) is 0 Å². The first kappa shape index (κ1) is 12.2. The van der Waals surface area contributed by atoms with Crippen LogP contribution in [0.15, 0.2) is 24.5 Å². The van der Waals surface area contributed by atoms with Gasteiger partial charge in [-0.2, -0.15) is 0 Å². The van der Waals surface area contributed by atoms with Crippen LogP contribution in [0, 0.1) is 11.6 Å². The van der Waals surface area contributed by atoms with Crippen LogP contribution in [0.5, 0.6) is 0 Å². The number of aryl methyl sites for hydroxylation is 1. The van der Waals surface area contributed by atoms with E-state index in [-0.39, 0.29) is 17.9 Å². The summed E-state index contributed by atoms with van der Waals surface area (Å²) in [6, 6.07) is 3.08. The van der Waals surface area contributed by atoms with Gasteiger partial charge < -0.3 is 4.57 Å². The van der Waals surface area contributed by atoms with Crippen molar-refractivity contribution in [3.05, 3.63) is 41.7 Å². The van der Waals surface area contributed by atoms with Crippen molar-refractivity contribution in [3.8, 4) is 0 Å². The molecule has 5 nitrogen and oxygen atoms in total. The van der Waals surface area contributed by atoms with E-state index < -0.39 is 17.5 Å². The summed E-state index contributed by atoms with van der Waals surface area (Å²) in [5, 5.41) is 9.72. The highest BCUT2D eigenvalue weighted by atomic mass is 19.1. The zero-order valence-corrected chi connectivity index (χ0v) is 9.52. The van der Waals surface area contributed by atoms with Gasteiger partial charge in [-0.15, -0.1) is 10.2 Å². The molecule has 0 aliphatic rings. The molecule has 1 amide bonds. The van der Waals surface area contributed by atoms with E-state index in [1.54, 1.807) is 7.05 Å². The van der Waals surface area contributed by atoms with Crippen LogP contribution in [0.2, 0.25) is 0 Å². The minimum Gasteiger partial charge on any atom is -0.303 e. The molecule has 1 aromatic carbocycles. The molecule has 1 N–H and O–H groups in total. The second-order valence-corrected chi connectivity index (χ2v) is 3.73. The highest BCUT2D eigenvalue weighted by molar-refractivity contribution is 5.90. The fourth-order valence-electron chi connectivity index (χ4n) is 1.40. The van der Waals surface area contributed by atoms with E-state index in [1.165, 1.54) is 17.0 Å². The van der Waals surface area contributed by atoms with E-state index >= 15 is 0 Å². The van der Waals surface area contributed by atoms with E-state index in [2.05, 4.69) is 15.5 Å². The molecule has 0 bridgehead atoms. The van der Waals surface area contributed by atoms with Gasteiger partial charge in [-0.05, 0) is 11.6 Å². The third-order valence-corrected chi connectivity index (χ3v) is 2.33. The minimum atomic E-state index is -0.747. The number of carbonyl (C=O) groups is 1. The van der Waals surface area contributed by atoms with E-state index in [9.17, 15) is 13.6 Å². The summed E-state index contributed by atoms with van der Waals surface area (Å²) in [6.45, 7) is 0. The Kier molecular flexibility index (Phi) is 3.31. The largest absolute Gasteiger partial charge is 0.303 e. The first-order valence-electron chi connectivity index (χ1n) is 5.14. The molecule has 18 heavy (non-hydrogen) atoms. The number of nitrogens with one attached hydrogen (secondary N) is 1. The lowest BCUT2D eigenvalue weighted by atomic mass is 10.1. The molecule has 0 saturated heterocycles. The Labute approximate surface area is 101 Å². The van der Waals surface area contributed by atoms with Crippen LogP contribution in [0.25, 0.3) is 0 Å². The predicted octanol–water partition coefficient (Wildman–Crippen LogP) is 1.27. The quantitative estimate of drug-likeness (QED) is 0.895. The number of benzene rings is 1. The first-order chi connectivity index (χ1) is 8.56. The Morgan fingerprint density at radius 3 is 2.83 bits per heavy atom. The summed E-state index contributed by atoms with van der Waals surface area (Å²) in [7, 11) is 1.66. The maximum atomic E-state index is 13.3. The Bertz CT molecular complexity index is 582. The van der Waals surface area contributed by atoms with E-state index in [1.807, 2.05) is 0 Å². The second-order valence-electron chi connectivity index (χ2n) is 3.73. The van der Waals surface area contributed by atoms with Crippen LogP contribution in [-0.4, -0.2) is 20.7 Å². The normalized spacial score (nSPS) is 10.4. The van der Waals surface area contributed by atoms with Crippen LogP contribution in [0.3, 0.4) is 0 Å². The number of hydrogen-bond donors (Lipinski definition) is 1. The third kappa shape index (κ3) is 2.68. The van der Waals surface area contributed by atoms with Crippen molar-refractivity contribution in [2.24, 2.45) is 7.05 Å². The van der Waals surface area contributed by atoms with Crippen LogP contribution in [0.4, 0.5) is 14.7 Å². The van der Waals surface area contributed by atoms with Crippen LogP contribution >= 0.6 is 0 Å². The van der Waals surface area contributed by atoms with Gasteiger partial charge in [-0.3, -0.25) is 10.1 Å². The maximum absolute atomic E-state index is 13.3. The van der Waals surface area contributed by atoms with Crippen LogP contribution in [-0.2, 0) is 18.3 Å². The number of hydrogen-bond acceptors (Lipinski definition) is 3. The molecule has 0 radical (unpaired) electrons. The summed E-state index contributed by atoms with van der Waals surface area (Å²) in [5.41, 5.74) is 0.121. The molecule has 2 rings (SSSR count). The summed E-state index contributed by atoms with van der Waals surface area (Å²) >= 11 is 0. The highest BCUT2D eigenvalue weighted by Gasteiger charge is 2.11. The lowest BCUT2D eigenvalue weighted by Crippen LogP contribution is -2.17. The summed E-state index contributed by atoms with van der Waals surface area (Å²) in [5.74, 6) is -1.60. The van der Waals surface area contributed by atoms with E-state index in [0.717, 1.165) is 12.1 Å². The zero-order valence-electron chi connectivity index (χ0n) is 9.52. The van der Waals surface area contributed by atoms with Gasteiger partial charge in [0.05, 0.1) is 6.42 Å². The lowest BCUT2D eigenvalue weighted by molar-refractivity contribution is -0.115. The fraction of sp³-hybridized carbons (Fsp3) is 0.182. The Hall–Kier alpha value is -2.31. The van der Waals surface area contributed by atoms with Crippen molar-refractivity contribution in [3.63, 3.8) is 0 Å². The smallest absolute Gasteiger partial charge is 0.231 e. The molecule has 0 unspecified atom stereocenters. The maximum Gasteiger partial charge on any atom is 0.231 e. The molecule has 0 aliphatic carbocycles. The van der Waals surface area contributed by atoms with Crippen molar-refractivity contribution >= 4 is 11.9 Å². The lowest BCUT2D eigenvalue weighted by Gasteiger charge is -2.05. The number of amides is 1. The van der Waals surface area contributed by atoms with Gasteiger partial charge in [0, 0.05) is 13.1 Å². The van der Waals surface area contributed by atoms with Crippen LogP contribution < -0.4 is 5.32 Å². The molecule has 94 valence electrons. The third-order valence-electron chi connectivity index (χ3n) is 2.33. The molecule has 0 saturated carbocycles. The Balaban J connectivity index is 2.05. The molecule has 2 aromatic rings. The molecule has 0 spiro atoms. The average Bonchev–Trinajstić information content (AvgIpc) is 2.69. The zero-order chi connectivity index (χ0) is 13.1. The van der Waals surface area contributed by atoms with Gasteiger partial charge in [0.25, 0.3) is 0 Å². The van der Waals surface area contributed by atoms with Crippen molar-refractivity contribution in [2.45, 2.75) is 6.42 Å². The fourth-order valence-corrected chi connectivity index (χ4v) is 1.40. The summed E-state index contributed by atoms with van der Waals surface area (Å²) < 4.78 is 27.5. The highest BCUT2D eigenvalue weighted by Crippen LogP contribution is 2.11. The number of nitrogens with zero attached hydrogens (tertiary/aromatic N) is 3. The Morgan fingerprint density at radius 1 is 1.44 bits per heavy atom. The molecule has 0 aliphatic heterocycles. The monoisotopic (exact) mass is 252 g/mol. The van der Waals surface area contributed by atoms with Crippen molar-refractivity contribution in [1.82, 2.24) is 14.8 Å². The molecular weight excluding hydrogens is 242 g/mol. The first-order valence-corrected chi connectivity index (χ1v) is 5.14. The van der Waals surface area contributed by atoms with Gasteiger partial charge in [0.1, 0.15) is 18.0 Å². The number of rotatable bonds is 3. The van der Waals surface area contributed by atoms with Crippen molar-refractivity contribution < 1.29 is 13.6 Å². The summed E-state index contributed by atoms with van der Waals surface area (Å²) in [4.78, 5) is 11.6. The van der Waals surface area contributed by atoms with Crippen molar-refractivity contribution in [2.75, 3.05) is 5.32 Å². The molecule has 1 aromatic heterocycles. The minimum absolute atomic E-state index is 0.121.